The second kappa shape index (κ2) is 8.47. The summed E-state index contributed by atoms with van der Waals surface area (Å²) in [5, 5.41) is 10.7. The Bertz CT molecular complexity index is 724. The monoisotopic (exact) mass is 329 g/mol. The lowest BCUT2D eigenvalue weighted by Crippen LogP contribution is -2.27. The van der Waals surface area contributed by atoms with Gasteiger partial charge in [0.15, 0.2) is 0 Å². The smallest absolute Gasteiger partial charge is 0.322 e. The van der Waals surface area contributed by atoms with Crippen LogP contribution in [0.4, 0.5) is 4.39 Å². The maximum Gasteiger partial charge on any atom is 0.322 e. The fourth-order valence-electron chi connectivity index (χ4n) is 1.82. The molecule has 0 saturated heterocycles. The molecule has 0 aliphatic heterocycles. The average molecular weight is 329 g/mol. The number of rotatable bonds is 7. The second-order valence-corrected chi connectivity index (χ2v) is 4.93. The van der Waals surface area contributed by atoms with Crippen LogP contribution in [0.3, 0.4) is 0 Å². The Morgan fingerprint density at radius 2 is 1.75 bits per heavy atom. The molecule has 0 aliphatic rings. The van der Waals surface area contributed by atoms with Crippen molar-refractivity contribution in [3.05, 3.63) is 71.6 Å². The lowest BCUT2D eigenvalue weighted by molar-refractivity contribution is -0.137. The lowest BCUT2D eigenvalue weighted by atomic mass is 10.2. The number of carbonyl (C=O) groups excluding carboxylic acids is 1. The van der Waals surface area contributed by atoms with E-state index in [2.05, 4.69) is 5.32 Å². The van der Waals surface area contributed by atoms with Crippen molar-refractivity contribution in [2.24, 2.45) is 0 Å². The van der Waals surface area contributed by atoms with Crippen molar-refractivity contribution >= 4 is 18.0 Å². The molecule has 0 atom stereocenters. The summed E-state index contributed by atoms with van der Waals surface area (Å²) in [6.07, 6.45) is 2.83. The third-order valence-electron chi connectivity index (χ3n) is 3.04. The minimum Gasteiger partial charge on any atom is -0.489 e. The van der Waals surface area contributed by atoms with Gasteiger partial charge < -0.3 is 15.2 Å². The van der Waals surface area contributed by atoms with E-state index in [-0.39, 0.29) is 5.82 Å². The van der Waals surface area contributed by atoms with Crippen molar-refractivity contribution in [1.29, 1.82) is 0 Å². The summed E-state index contributed by atoms with van der Waals surface area (Å²) in [4.78, 5) is 21.7. The van der Waals surface area contributed by atoms with Crippen molar-refractivity contribution in [1.82, 2.24) is 5.32 Å². The molecule has 5 nitrogen and oxygen atoms in total. The quantitative estimate of drug-likeness (QED) is 0.766. The third kappa shape index (κ3) is 5.92. The van der Waals surface area contributed by atoms with Crippen LogP contribution in [-0.2, 0) is 16.2 Å². The summed E-state index contributed by atoms with van der Waals surface area (Å²) < 4.78 is 18.4. The Labute approximate surface area is 138 Å². The Morgan fingerprint density at radius 1 is 1.08 bits per heavy atom. The molecule has 2 rings (SSSR count). The van der Waals surface area contributed by atoms with Gasteiger partial charge in [0.2, 0.25) is 5.91 Å². The first-order valence-corrected chi connectivity index (χ1v) is 7.18. The molecule has 6 heteroatoms. The Balaban J connectivity index is 1.85. The number of nitrogens with one attached hydrogen (secondary N) is 1. The zero-order chi connectivity index (χ0) is 17.4. The molecule has 2 aromatic rings. The molecule has 0 heterocycles. The number of carboxylic acid groups (broad SMARTS) is 1. The second-order valence-electron chi connectivity index (χ2n) is 4.93. The minimum atomic E-state index is -1.10. The van der Waals surface area contributed by atoms with Gasteiger partial charge in [-0.1, -0.05) is 24.3 Å². The topological polar surface area (TPSA) is 75.6 Å². The van der Waals surface area contributed by atoms with Crippen LogP contribution in [0.15, 0.2) is 54.6 Å². The van der Waals surface area contributed by atoms with Crippen LogP contribution < -0.4 is 10.1 Å². The van der Waals surface area contributed by atoms with Crippen LogP contribution in [0.2, 0.25) is 0 Å². The third-order valence-corrected chi connectivity index (χ3v) is 3.04. The summed E-state index contributed by atoms with van der Waals surface area (Å²) in [5.41, 5.74) is 1.63. The van der Waals surface area contributed by atoms with E-state index in [0.717, 1.165) is 11.1 Å². The SMILES string of the molecule is O=C(O)CNC(=O)C=Cc1ccc(OCc2ccc(F)cc2)cc1. The Hall–Kier alpha value is -3.15. The fourth-order valence-corrected chi connectivity index (χ4v) is 1.82. The number of ether oxygens (including phenoxy) is 1. The molecule has 1 amide bonds. The molecular weight excluding hydrogens is 313 g/mol. The Morgan fingerprint density at radius 3 is 2.38 bits per heavy atom. The number of carboxylic acids is 1. The van der Waals surface area contributed by atoms with Gasteiger partial charge in [0, 0.05) is 6.08 Å². The van der Waals surface area contributed by atoms with E-state index in [1.54, 1.807) is 42.5 Å². The van der Waals surface area contributed by atoms with Gasteiger partial charge >= 0.3 is 5.97 Å². The first kappa shape index (κ1) is 17.2. The van der Waals surface area contributed by atoms with Gasteiger partial charge in [0.25, 0.3) is 0 Å². The van der Waals surface area contributed by atoms with Gasteiger partial charge in [-0.3, -0.25) is 9.59 Å². The summed E-state index contributed by atoms with van der Waals surface area (Å²) >= 11 is 0. The number of carbonyl (C=O) groups is 2. The molecule has 124 valence electrons. The van der Waals surface area contributed by atoms with E-state index in [0.29, 0.717) is 12.4 Å². The molecule has 24 heavy (non-hydrogen) atoms. The van der Waals surface area contributed by atoms with Crippen LogP contribution >= 0.6 is 0 Å². The highest BCUT2D eigenvalue weighted by atomic mass is 19.1. The predicted octanol–water partition coefficient (Wildman–Crippen LogP) is 2.62. The largest absolute Gasteiger partial charge is 0.489 e. The standard InChI is InChI=1S/C18H16FNO4/c19-15-6-1-14(2-7-15)12-24-16-8-3-13(4-9-16)5-10-17(21)20-11-18(22)23/h1-10H,11-12H2,(H,20,21)(H,22,23). The number of hydrogen-bond donors (Lipinski definition) is 2. The van der Waals surface area contributed by atoms with Gasteiger partial charge in [0.05, 0.1) is 0 Å². The zero-order valence-electron chi connectivity index (χ0n) is 12.7. The molecule has 0 fully saturated rings. The molecule has 2 N–H and O–H groups in total. The summed E-state index contributed by atoms with van der Waals surface area (Å²) in [6.45, 7) is -0.0909. The van der Waals surface area contributed by atoms with E-state index in [4.69, 9.17) is 9.84 Å². The Kier molecular flexibility index (Phi) is 6.08. The molecular formula is C18H16FNO4. The minimum absolute atomic E-state index is 0.290. The molecule has 0 radical (unpaired) electrons. The maximum atomic E-state index is 12.8. The van der Waals surface area contributed by atoms with Crippen molar-refractivity contribution < 1.29 is 23.8 Å². The number of hydrogen-bond acceptors (Lipinski definition) is 3. The molecule has 0 spiro atoms. The summed E-state index contributed by atoms with van der Waals surface area (Å²) in [6, 6.07) is 13.1. The van der Waals surface area contributed by atoms with E-state index in [1.165, 1.54) is 18.2 Å². The van der Waals surface area contributed by atoms with Gasteiger partial charge in [-0.2, -0.15) is 0 Å². The summed E-state index contributed by atoms with van der Waals surface area (Å²) in [5.74, 6) is -1.22. The lowest BCUT2D eigenvalue weighted by Gasteiger charge is -2.06. The first-order valence-electron chi connectivity index (χ1n) is 7.18. The first-order chi connectivity index (χ1) is 11.5. The number of benzene rings is 2. The number of amides is 1. The molecule has 0 aromatic heterocycles. The van der Waals surface area contributed by atoms with Crippen LogP contribution in [0.5, 0.6) is 5.75 Å². The van der Waals surface area contributed by atoms with E-state index in [9.17, 15) is 14.0 Å². The predicted molar refractivity (Wildman–Crippen MR) is 86.9 cm³/mol. The van der Waals surface area contributed by atoms with Crippen LogP contribution in [0.25, 0.3) is 6.08 Å². The van der Waals surface area contributed by atoms with Crippen LogP contribution in [0.1, 0.15) is 11.1 Å². The normalized spacial score (nSPS) is 10.5. The van der Waals surface area contributed by atoms with E-state index in [1.807, 2.05) is 0 Å². The van der Waals surface area contributed by atoms with Crippen LogP contribution in [-0.4, -0.2) is 23.5 Å². The van der Waals surface area contributed by atoms with Crippen molar-refractivity contribution in [3.63, 3.8) is 0 Å². The highest BCUT2D eigenvalue weighted by molar-refractivity contribution is 5.93. The summed E-state index contributed by atoms with van der Waals surface area (Å²) in [7, 11) is 0. The van der Waals surface area contributed by atoms with Gasteiger partial charge in [-0.15, -0.1) is 0 Å². The van der Waals surface area contributed by atoms with E-state index < -0.39 is 18.4 Å². The molecule has 0 saturated carbocycles. The molecule has 0 aliphatic carbocycles. The van der Waals surface area contributed by atoms with Crippen molar-refractivity contribution in [2.45, 2.75) is 6.61 Å². The van der Waals surface area contributed by atoms with Gasteiger partial charge in [0.1, 0.15) is 24.7 Å². The van der Waals surface area contributed by atoms with Gasteiger partial charge in [-0.25, -0.2) is 4.39 Å². The molecule has 2 aromatic carbocycles. The number of halogens is 1. The fraction of sp³-hybridized carbons (Fsp3) is 0.111. The van der Waals surface area contributed by atoms with E-state index >= 15 is 0 Å². The van der Waals surface area contributed by atoms with Gasteiger partial charge in [-0.05, 0) is 41.5 Å². The average Bonchev–Trinajstić information content (AvgIpc) is 2.58. The zero-order valence-corrected chi connectivity index (χ0v) is 12.7. The number of aliphatic carboxylic acids is 1. The molecule has 0 bridgehead atoms. The van der Waals surface area contributed by atoms with Crippen molar-refractivity contribution in [2.75, 3.05) is 6.54 Å². The highest BCUT2D eigenvalue weighted by Crippen LogP contribution is 2.15. The maximum absolute atomic E-state index is 12.8. The van der Waals surface area contributed by atoms with Crippen LogP contribution in [0, 0.1) is 5.82 Å². The van der Waals surface area contributed by atoms with Crippen molar-refractivity contribution in [3.8, 4) is 5.75 Å². The molecule has 0 unspecified atom stereocenters. The highest BCUT2D eigenvalue weighted by Gasteiger charge is 2.00.